The van der Waals surface area contributed by atoms with Crippen molar-refractivity contribution in [3.8, 4) is 0 Å². The first-order valence-electron chi connectivity index (χ1n) is 5.74. The van der Waals surface area contributed by atoms with Crippen LogP contribution in [0.4, 0.5) is 14.5 Å². The number of sulfonamides is 1. The van der Waals surface area contributed by atoms with Crippen molar-refractivity contribution in [2.24, 2.45) is 0 Å². The molecule has 1 aliphatic rings. The molecule has 0 radical (unpaired) electrons. The van der Waals surface area contributed by atoms with E-state index in [-0.39, 0.29) is 6.42 Å². The fraction of sp³-hybridized carbons (Fsp3) is 0.364. The maximum absolute atomic E-state index is 13.6. The summed E-state index contributed by atoms with van der Waals surface area (Å²) in [6.45, 7) is 0.403. The summed E-state index contributed by atoms with van der Waals surface area (Å²) in [5, 5.41) is 0. The molecule has 0 bridgehead atoms. The molecule has 1 unspecified atom stereocenters. The van der Waals surface area contributed by atoms with Gasteiger partial charge in [-0.05, 0) is 12.5 Å². The van der Waals surface area contributed by atoms with Gasteiger partial charge in [-0.15, -0.1) is 0 Å². The minimum absolute atomic E-state index is 0.285. The first-order chi connectivity index (χ1) is 9.22. The molecule has 0 spiro atoms. The molecule has 1 heterocycles. The van der Waals surface area contributed by atoms with E-state index in [4.69, 9.17) is 5.73 Å². The van der Waals surface area contributed by atoms with E-state index >= 15 is 0 Å². The molecular formula is C11H13F2N3O3S. The molecule has 1 fully saturated rings. The maximum Gasteiger partial charge on any atom is 0.244 e. The number of anilines is 1. The van der Waals surface area contributed by atoms with Crippen molar-refractivity contribution in [1.82, 2.24) is 9.62 Å². The molecular weight excluding hydrogens is 292 g/mol. The number of nitrogens with one attached hydrogen (secondary N) is 1. The summed E-state index contributed by atoms with van der Waals surface area (Å²) in [6, 6.07) is 0.137. The zero-order valence-electron chi connectivity index (χ0n) is 10.6. The molecule has 1 saturated heterocycles. The van der Waals surface area contributed by atoms with Crippen molar-refractivity contribution < 1.29 is 22.0 Å². The largest absolute Gasteiger partial charge is 0.396 e. The molecule has 3 N–H and O–H groups in total. The number of carbonyl (C=O) groups is 1. The summed E-state index contributed by atoms with van der Waals surface area (Å²) in [5.41, 5.74) is 4.75. The smallest absolute Gasteiger partial charge is 0.244 e. The molecule has 6 nitrogen and oxygen atoms in total. The molecule has 2 rings (SSSR count). The lowest BCUT2D eigenvalue weighted by Crippen LogP contribution is -2.40. The molecule has 1 aliphatic heterocycles. The Balaban J connectivity index is 2.32. The van der Waals surface area contributed by atoms with Gasteiger partial charge in [0.05, 0.1) is 5.69 Å². The first-order valence-corrected chi connectivity index (χ1v) is 7.22. The van der Waals surface area contributed by atoms with Crippen LogP contribution in [0.5, 0.6) is 0 Å². The fourth-order valence-electron chi connectivity index (χ4n) is 1.93. The Labute approximate surface area is 114 Å². The number of rotatable bonds is 3. The summed E-state index contributed by atoms with van der Waals surface area (Å²) in [5.74, 6) is -2.70. The van der Waals surface area contributed by atoms with E-state index < -0.39 is 44.2 Å². The van der Waals surface area contributed by atoms with E-state index in [1.54, 1.807) is 0 Å². The Morgan fingerprint density at radius 3 is 2.55 bits per heavy atom. The Kier molecular flexibility index (Phi) is 3.65. The van der Waals surface area contributed by atoms with Crippen LogP contribution in [0, 0.1) is 11.6 Å². The summed E-state index contributed by atoms with van der Waals surface area (Å²) in [4.78, 5) is 12.2. The van der Waals surface area contributed by atoms with Crippen LogP contribution < -0.4 is 10.5 Å². The van der Waals surface area contributed by atoms with Crippen LogP contribution in [0.2, 0.25) is 0 Å². The van der Waals surface area contributed by atoms with Crippen LogP contribution in [-0.2, 0) is 14.8 Å². The number of likely N-dealkylation sites (N-methyl/N-ethyl adjacent to an activating group) is 1. The predicted molar refractivity (Wildman–Crippen MR) is 67.1 cm³/mol. The number of nitrogen functional groups attached to an aromatic ring is 1. The van der Waals surface area contributed by atoms with Crippen molar-refractivity contribution in [2.75, 3.05) is 19.3 Å². The molecule has 20 heavy (non-hydrogen) atoms. The molecule has 1 aromatic rings. The van der Waals surface area contributed by atoms with Gasteiger partial charge in [-0.2, -0.15) is 4.72 Å². The third-order valence-electron chi connectivity index (χ3n) is 3.07. The van der Waals surface area contributed by atoms with Crippen molar-refractivity contribution >= 4 is 21.6 Å². The standard InChI is InChI=1S/C11H13F2N3O3S/c1-16-3-2-9(11(16)17)15-20(18,19)10-5-8(14)6(12)4-7(10)13/h4-5,9,15H,2-3,14H2,1H3. The van der Waals surface area contributed by atoms with Crippen LogP contribution in [0.3, 0.4) is 0 Å². The summed E-state index contributed by atoms with van der Waals surface area (Å²) >= 11 is 0. The third kappa shape index (κ3) is 2.59. The topological polar surface area (TPSA) is 92.5 Å². The second-order valence-corrected chi connectivity index (χ2v) is 6.21. The van der Waals surface area contributed by atoms with E-state index in [0.29, 0.717) is 18.7 Å². The van der Waals surface area contributed by atoms with Crippen molar-refractivity contribution in [3.05, 3.63) is 23.8 Å². The van der Waals surface area contributed by atoms with E-state index in [9.17, 15) is 22.0 Å². The first kappa shape index (κ1) is 14.7. The Bertz CT molecular complexity index is 663. The van der Waals surface area contributed by atoms with Crippen LogP contribution in [0.1, 0.15) is 6.42 Å². The second kappa shape index (κ2) is 4.98. The highest BCUT2D eigenvalue weighted by atomic mass is 32.2. The number of likely N-dealkylation sites (tertiary alicyclic amines) is 1. The average Bonchev–Trinajstić information content (AvgIpc) is 2.65. The monoisotopic (exact) mass is 305 g/mol. The molecule has 110 valence electrons. The van der Waals surface area contributed by atoms with Gasteiger partial charge in [-0.1, -0.05) is 0 Å². The van der Waals surface area contributed by atoms with Crippen LogP contribution in [0.25, 0.3) is 0 Å². The van der Waals surface area contributed by atoms with E-state index in [1.807, 2.05) is 0 Å². The lowest BCUT2D eigenvalue weighted by Gasteiger charge is -2.13. The fourth-order valence-corrected chi connectivity index (χ4v) is 3.25. The molecule has 9 heteroatoms. The zero-order chi connectivity index (χ0) is 15.1. The highest BCUT2D eigenvalue weighted by molar-refractivity contribution is 7.89. The van der Waals surface area contributed by atoms with Crippen LogP contribution in [-0.4, -0.2) is 38.9 Å². The lowest BCUT2D eigenvalue weighted by molar-refractivity contribution is -0.127. The summed E-state index contributed by atoms with van der Waals surface area (Å²) < 4.78 is 52.7. The highest BCUT2D eigenvalue weighted by Crippen LogP contribution is 2.22. The van der Waals surface area contributed by atoms with Gasteiger partial charge in [0.2, 0.25) is 15.9 Å². The van der Waals surface area contributed by atoms with E-state index in [2.05, 4.69) is 4.72 Å². The normalized spacial score (nSPS) is 19.6. The molecule has 1 atom stereocenters. The maximum atomic E-state index is 13.6. The third-order valence-corrected chi connectivity index (χ3v) is 4.55. The number of nitrogens with two attached hydrogens (primary N) is 1. The van der Waals surface area contributed by atoms with E-state index in [0.717, 1.165) is 0 Å². The summed E-state index contributed by atoms with van der Waals surface area (Å²) in [6.07, 6.45) is 0.285. The second-order valence-electron chi connectivity index (χ2n) is 4.53. The molecule has 0 aromatic heterocycles. The number of hydrogen-bond acceptors (Lipinski definition) is 4. The van der Waals surface area contributed by atoms with Gasteiger partial charge in [0, 0.05) is 19.7 Å². The highest BCUT2D eigenvalue weighted by Gasteiger charge is 2.34. The number of hydrogen-bond donors (Lipinski definition) is 2. The van der Waals surface area contributed by atoms with Gasteiger partial charge >= 0.3 is 0 Å². The minimum Gasteiger partial charge on any atom is -0.396 e. The van der Waals surface area contributed by atoms with Gasteiger partial charge in [0.15, 0.2) is 0 Å². The number of benzene rings is 1. The van der Waals surface area contributed by atoms with Crippen molar-refractivity contribution in [1.29, 1.82) is 0 Å². The number of carbonyl (C=O) groups excluding carboxylic acids is 1. The SMILES string of the molecule is CN1CCC(NS(=O)(=O)c2cc(N)c(F)cc2F)C1=O. The predicted octanol–water partition coefficient (Wildman–Crippen LogP) is 0.0560. The minimum atomic E-state index is -4.29. The zero-order valence-corrected chi connectivity index (χ0v) is 11.4. The Morgan fingerprint density at radius 2 is 2.00 bits per heavy atom. The van der Waals surface area contributed by atoms with Crippen molar-refractivity contribution in [2.45, 2.75) is 17.4 Å². The van der Waals surface area contributed by atoms with Gasteiger partial charge < -0.3 is 10.6 Å². The average molecular weight is 305 g/mol. The Morgan fingerprint density at radius 1 is 1.35 bits per heavy atom. The Hall–Kier alpha value is -1.74. The van der Waals surface area contributed by atoms with Crippen LogP contribution >= 0.6 is 0 Å². The number of amides is 1. The van der Waals surface area contributed by atoms with Gasteiger partial charge in [-0.3, -0.25) is 4.79 Å². The lowest BCUT2D eigenvalue weighted by atomic mass is 10.3. The van der Waals surface area contributed by atoms with Gasteiger partial charge in [0.1, 0.15) is 22.6 Å². The molecule has 1 aromatic carbocycles. The van der Waals surface area contributed by atoms with Crippen molar-refractivity contribution in [3.63, 3.8) is 0 Å². The van der Waals surface area contributed by atoms with E-state index in [1.165, 1.54) is 11.9 Å². The van der Waals surface area contributed by atoms with Gasteiger partial charge in [0.25, 0.3) is 0 Å². The molecule has 1 amide bonds. The number of nitrogens with zero attached hydrogens (tertiary/aromatic N) is 1. The van der Waals surface area contributed by atoms with Gasteiger partial charge in [-0.25, -0.2) is 17.2 Å². The van der Waals surface area contributed by atoms with Crippen LogP contribution in [0.15, 0.2) is 17.0 Å². The quantitative estimate of drug-likeness (QED) is 0.772. The molecule has 0 aliphatic carbocycles. The number of halogens is 2. The summed E-state index contributed by atoms with van der Waals surface area (Å²) in [7, 11) is -2.75. The molecule has 0 saturated carbocycles.